The molecule has 0 aliphatic heterocycles. The first-order valence-electron chi connectivity index (χ1n) is 7.23. The molecule has 1 aromatic carbocycles. The van der Waals surface area contributed by atoms with Crippen LogP contribution < -0.4 is 0 Å². The molecule has 2 N–H and O–H groups in total. The van der Waals surface area contributed by atoms with Gasteiger partial charge in [0.2, 0.25) is 0 Å². The minimum absolute atomic E-state index is 0.0509. The van der Waals surface area contributed by atoms with E-state index in [0.29, 0.717) is 18.5 Å². The number of carbonyl (C=O) groups is 1. The zero-order valence-electron chi connectivity index (χ0n) is 11.9. The maximum absolute atomic E-state index is 12.6. The maximum Gasteiger partial charge on any atom is 0.253 e. The number of H-pyrrole nitrogens is 1. The molecule has 0 radical (unpaired) electrons. The molecule has 1 aromatic heterocycles. The van der Waals surface area contributed by atoms with Gasteiger partial charge in [0.25, 0.3) is 5.91 Å². The van der Waals surface area contributed by atoms with E-state index in [2.05, 4.69) is 11.9 Å². The summed E-state index contributed by atoms with van der Waals surface area (Å²) in [5.41, 5.74) is 1.75. The summed E-state index contributed by atoms with van der Waals surface area (Å²) in [6.45, 7) is 3.59. The Bertz CT molecular complexity index is 554. The number of carbonyl (C=O) groups excluding carboxylic acids is 1. The second kappa shape index (κ2) is 7.10. The second-order valence-corrected chi connectivity index (χ2v) is 5.00. The van der Waals surface area contributed by atoms with E-state index in [1.165, 1.54) is 0 Å². The van der Waals surface area contributed by atoms with Crippen LogP contribution in [0.3, 0.4) is 0 Å². The Labute approximate surface area is 119 Å². The van der Waals surface area contributed by atoms with Crippen molar-refractivity contribution < 1.29 is 9.90 Å². The van der Waals surface area contributed by atoms with Gasteiger partial charge in [0, 0.05) is 42.4 Å². The van der Waals surface area contributed by atoms with Gasteiger partial charge in [0.15, 0.2) is 0 Å². The highest BCUT2D eigenvalue weighted by Gasteiger charge is 2.15. The number of unbranched alkanes of at least 4 members (excludes halogenated alkanes) is 1. The van der Waals surface area contributed by atoms with Gasteiger partial charge in [-0.15, -0.1) is 0 Å². The van der Waals surface area contributed by atoms with Gasteiger partial charge in [-0.05, 0) is 37.1 Å². The van der Waals surface area contributed by atoms with Gasteiger partial charge in [-0.1, -0.05) is 13.3 Å². The van der Waals surface area contributed by atoms with Gasteiger partial charge in [-0.2, -0.15) is 0 Å². The number of hydrogen-bond donors (Lipinski definition) is 2. The van der Waals surface area contributed by atoms with E-state index in [4.69, 9.17) is 5.11 Å². The fraction of sp³-hybridized carbons (Fsp3) is 0.438. The summed E-state index contributed by atoms with van der Waals surface area (Å²) in [4.78, 5) is 17.5. The van der Waals surface area contributed by atoms with E-state index in [9.17, 15) is 4.79 Å². The first-order chi connectivity index (χ1) is 9.76. The lowest BCUT2D eigenvalue weighted by Crippen LogP contribution is -2.33. The normalized spacial score (nSPS) is 10.9. The zero-order valence-corrected chi connectivity index (χ0v) is 11.9. The summed E-state index contributed by atoms with van der Waals surface area (Å²) in [7, 11) is 0. The number of benzene rings is 1. The number of aromatic amines is 1. The molecule has 0 bridgehead atoms. The molecule has 0 fully saturated rings. The highest BCUT2D eigenvalue weighted by molar-refractivity contribution is 5.98. The third-order valence-electron chi connectivity index (χ3n) is 3.46. The van der Waals surface area contributed by atoms with Crippen LogP contribution in [0.2, 0.25) is 0 Å². The molecule has 1 amide bonds. The van der Waals surface area contributed by atoms with Crippen LogP contribution in [-0.2, 0) is 0 Å². The van der Waals surface area contributed by atoms with E-state index in [0.717, 1.165) is 30.3 Å². The molecule has 0 aliphatic rings. The predicted octanol–water partition coefficient (Wildman–Crippen LogP) is 2.79. The lowest BCUT2D eigenvalue weighted by atomic mass is 10.1. The average molecular weight is 274 g/mol. The number of fused-ring (bicyclic) bond motifs is 1. The van der Waals surface area contributed by atoms with Crippen molar-refractivity contribution in [1.29, 1.82) is 0 Å². The summed E-state index contributed by atoms with van der Waals surface area (Å²) in [6.07, 6.45) is 4.55. The fourth-order valence-electron chi connectivity index (χ4n) is 2.29. The summed E-state index contributed by atoms with van der Waals surface area (Å²) < 4.78 is 0. The number of aliphatic hydroxyl groups excluding tert-OH is 1. The van der Waals surface area contributed by atoms with Gasteiger partial charge in [0.1, 0.15) is 0 Å². The molecule has 0 atom stereocenters. The summed E-state index contributed by atoms with van der Waals surface area (Å²) in [5.74, 6) is 0.0509. The van der Waals surface area contributed by atoms with Crippen molar-refractivity contribution in [2.24, 2.45) is 0 Å². The lowest BCUT2D eigenvalue weighted by Gasteiger charge is -2.22. The minimum atomic E-state index is 0.0509. The van der Waals surface area contributed by atoms with Crippen molar-refractivity contribution in [1.82, 2.24) is 9.88 Å². The molecule has 0 spiro atoms. The van der Waals surface area contributed by atoms with Gasteiger partial charge in [-0.25, -0.2) is 0 Å². The number of rotatable bonds is 7. The highest BCUT2D eigenvalue weighted by Crippen LogP contribution is 2.16. The van der Waals surface area contributed by atoms with Gasteiger partial charge in [-0.3, -0.25) is 4.79 Å². The first-order valence-corrected chi connectivity index (χ1v) is 7.23. The van der Waals surface area contributed by atoms with Crippen LogP contribution >= 0.6 is 0 Å². The van der Waals surface area contributed by atoms with Crippen molar-refractivity contribution >= 4 is 16.8 Å². The molecule has 20 heavy (non-hydrogen) atoms. The average Bonchev–Trinajstić information content (AvgIpc) is 2.94. The van der Waals surface area contributed by atoms with E-state index in [1.807, 2.05) is 35.4 Å². The van der Waals surface area contributed by atoms with Crippen LogP contribution in [0.5, 0.6) is 0 Å². The quantitative estimate of drug-likeness (QED) is 0.815. The van der Waals surface area contributed by atoms with Crippen molar-refractivity contribution in [3.8, 4) is 0 Å². The molecule has 0 saturated heterocycles. The van der Waals surface area contributed by atoms with Crippen LogP contribution in [0.25, 0.3) is 10.9 Å². The van der Waals surface area contributed by atoms with Crippen molar-refractivity contribution in [3.05, 3.63) is 36.0 Å². The Morgan fingerprint density at radius 3 is 2.80 bits per heavy atom. The number of aromatic nitrogens is 1. The largest absolute Gasteiger partial charge is 0.396 e. The number of nitrogens with one attached hydrogen (secondary N) is 1. The van der Waals surface area contributed by atoms with Crippen LogP contribution in [-0.4, -0.2) is 40.6 Å². The molecule has 1 heterocycles. The monoisotopic (exact) mass is 274 g/mol. The van der Waals surface area contributed by atoms with E-state index in [1.54, 1.807) is 0 Å². The molecule has 4 heteroatoms. The van der Waals surface area contributed by atoms with Crippen molar-refractivity contribution in [3.63, 3.8) is 0 Å². The smallest absolute Gasteiger partial charge is 0.253 e. The minimum Gasteiger partial charge on any atom is -0.396 e. The zero-order chi connectivity index (χ0) is 14.4. The topological polar surface area (TPSA) is 56.3 Å². The van der Waals surface area contributed by atoms with E-state index in [-0.39, 0.29) is 12.5 Å². The third-order valence-corrected chi connectivity index (χ3v) is 3.46. The SMILES string of the molecule is CCCCN(CCCO)C(=O)c1ccc2[nH]ccc2c1. The van der Waals surface area contributed by atoms with Crippen molar-refractivity contribution in [2.45, 2.75) is 26.2 Å². The third kappa shape index (κ3) is 3.39. The second-order valence-electron chi connectivity index (χ2n) is 5.00. The van der Waals surface area contributed by atoms with Crippen LogP contribution in [0.1, 0.15) is 36.5 Å². The summed E-state index contributed by atoms with van der Waals surface area (Å²) in [5, 5.41) is 10.0. The Hall–Kier alpha value is -1.81. The molecule has 108 valence electrons. The molecule has 2 rings (SSSR count). The van der Waals surface area contributed by atoms with E-state index >= 15 is 0 Å². The maximum atomic E-state index is 12.6. The summed E-state index contributed by atoms with van der Waals surface area (Å²) in [6, 6.07) is 7.69. The number of hydrogen-bond acceptors (Lipinski definition) is 2. The Morgan fingerprint density at radius 2 is 2.05 bits per heavy atom. The highest BCUT2D eigenvalue weighted by atomic mass is 16.3. The molecule has 2 aromatic rings. The standard InChI is InChI=1S/C16H22N2O2/c1-2-3-9-18(10-4-11-19)16(20)14-5-6-15-13(12-14)7-8-17-15/h5-8,12,17,19H,2-4,9-11H2,1H3. The fourth-order valence-corrected chi connectivity index (χ4v) is 2.29. The molecular weight excluding hydrogens is 252 g/mol. The lowest BCUT2D eigenvalue weighted by molar-refractivity contribution is 0.0743. The Balaban J connectivity index is 2.15. The first kappa shape index (κ1) is 14.6. The summed E-state index contributed by atoms with van der Waals surface area (Å²) >= 11 is 0. The Kier molecular flexibility index (Phi) is 5.18. The van der Waals surface area contributed by atoms with Gasteiger partial charge in [0.05, 0.1) is 0 Å². The molecule has 4 nitrogen and oxygen atoms in total. The number of amides is 1. The molecule has 0 unspecified atom stereocenters. The number of aliphatic hydroxyl groups is 1. The van der Waals surface area contributed by atoms with Crippen LogP contribution in [0.4, 0.5) is 0 Å². The van der Waals surface area contributed by atoms with Crippen LogP contribution in [0.15, 0.2) is 30.5 Å². The predicted molar refractivity (Wildman–Crippen MR) is 80.8 cm³/mol. The molecule has 0 saturated carbocycles. The Morgan fingerprint density at radius 1 is 1.25 bits per heavy atom. The van der Waals surface area contributed by atoms with Gasteiger partial charge < -0.3 is 15.0 Å². The van der Waals surface area contributed by atoms with Gasteiger partial charge >= 0.3 is 0 Å². The van der Waals surface area contributed by atoms with Crippen molar-refractivity contribution in [2.75, 3.05) is 19.7 Å². The number of nitrogens with zero attached hydrogens (tertiary/aromatic N) is 1. The molecule has 0 aliphatic carbocycles. The molecular formula is C16H22N2O2. The van der Waals surface area contributed by atoms with Crippen LogP contribution in [0, 0.1) is 0 Å². The van der Waals surface area contributed by atoms with E-state index < -0.39 is 0 Å².